The maximum absolute atomic E-state index is 13.4. The largest absolute Gasteiger partial charge is 0.460 e. The van der Waals surface area contributed by atoms with Crippen molar-refractivity contribution in [3.63, 3.8) is 0 Å². The molecule has 1 aromatic heterocycles. The van der Waals surface area contributed by atoms with E-state index in [0.29, 0.717) is 33.5 Å². The van der Waals surface area contributed by atoms with Crippen molar-refractivity contribution in [1.29, 1.82) is 0 Å². The zero-order chi connectivity index (χ0) is 27.2. The summed E-state index contributed by atoms with van der Waals surface area (Å²) >= 11 is 3.39. The van der Waals surface area contributed by atoms with Crippen molar-refractivity contribution in [2.45, 2.75) is 38.3 Å². The van der Waals surface area contributed by atoms with Crippen LogP contribution in [0.4, 0.5) is 10.1 Å². The van der Waals surface area contributed by atoms with Gasteiger partial charge in [0.25, 0.3) is 5.91 Å². The lowest BCUT2D eigenvalue weighted by molar-refractivity contribution is 0.1000. The molecule has 0 atom stereocenters. The number of hydrogen-bond donors (Lipinski definition) is 2. The Morgan fingerprint density at radius 2 is 1.82 bits per heavy atom. The number of aliphatic hydroxyl groups is 1. The molecule has 7 nitrogen and oxygen atoms in total. The van der Waals surface area contributed by atoms with Gasteiger partial charge in [0.2, 0.25) is 10.0 Å². The quantitative estimate of drug-likeness (QED) is 0.268. The summed E-state index contributed by atoms with van der Waals surface area (Å²) in [5.41, 5.74) is 9.73. The zero-order valence-corrected chi connectivity index (χ0v) is 23.0. The molecular formula is C28H26BrFN2O5S. The number of carbonyl (C=O) groups is 1. The van der Waals surface area contributed by atoms with Gasteiger partial charge in [-0.05, 0) is 65.3 Å². The Labute approximate surface area is 228 Å². The van der Waals surface area contributed by atoms with Gasteiger partial charge in [-0.3, -0.25) is 9.10 Å². The summed E-state index contributed by atoms with van der Waals surface area (Å²) in [5, 5.41) is 10.2. The minimum Gasteiger partial charge on any atom is -0.460 e. The van der Waals surface area contributed by atoms with Crippen molar-refractivity contribution in [2.75, 3.05) is 10.6 Å². The SMILES string of the molecule is CS(=O)(=O)N(Cc1ccc(Br)c(CO)c1)c1cc2oc(Cc3ccc(F)cc3)c(C(N)=O)c2cc1C1CC1. The van der Waals surface area contributed by atoms with Gasteiger partial charge in [0.15, 0.2) is 0 Å². The summed E-state index contributed by atoms with van der Waals surface area (Å²) in [4.78, 5) is 12.5. The van der Waals surface area contributed by atoms with Gasteiger partial charge in [-0.15, -0.1) is 0 Å². The van der Waals surface area contributed by atoms with Crippen LogP contribution in [-0.4, -0.2) is 25.7 Å². The maximum Gasteiger partial charge on any atom is 0.252 e. The Morgan fingerprint density at radius 1 is 1.13 bits per heavy atom. The highest BCUT2D eigenvalue weighted by molar-refractivity contribution is 9.10. The number of amides is 1. The summed E-state index contributed by atoms with van der Waals surface area (Å²) in [7, 11) is -3.72. The molecule has 1 aliphatic rings. The second-order valence-electron chi connectivity index (χ2n) is 9.60. The summed E-state index contributed by atoms with van der Waals surface area (Å²) in [5.74, 6) is -0.538. The highest BCUT2D eigenvalue weighted by Gasteiger charge is 2.33. The van der Waals surface area contributed by atoms with Gasteiger partial charge in [-0.25, -0.2) is 12.8 Å². The van der Waals surface area contributed by atoms with Gasteiger partial charge < -0.3 is 15.3 Å². The fourth-order valence-corrected chi connectivity index (χ4v) is 5.98. The fraction of sp³-hybridized carbons (Fsp3) is 0.250. The van der Waals surface area contributed by atoms with E-state index in [1.807, 2.05) is 6.07 Å². The van der Waals surface area contributed by atoms with E-state index in [1.165, 1.54) is 16.4 Å². The Hall–Kier alpha value is -3.21. The van der Waals surface area contributed by atoms with E-state index in [2.05, 4.69) is 15.9 Å². The van der Waals surface area contributed by atoms with Crippen molar-refractivity contribution in [1.82, 2.24) is 0 Å². The number of nitrogens with zero attached hydrogens (tertiary/aromatic N) is 1. The van der Waals surface area contributed by atoms with Crippen LogP contribution in [0.15, 0.2) is 63.5 Å². The molecule has 0 aliphatic heterocycles. The number of rotatable bonds is 9. The third kappa shape index (κ3) is 5.34. The minimum absolute atomic E-state index is 0.0517. The number of primary amides is 1. The third-order valence-electron chi connectivity index (χ3n) is 6.73. The van der Waals surface area contributed by atoms with E-state index in [4.69, 9.17) is 10.2 Å². The number of fused-ring (bicyclic) bond motifs is 1. The van der Waals surface area contributed by atoms with Crippen LogP contribution in [0.1, 0.15) is 57.1 Å². The monoisotopic (exact) mass is 600 g/mol. The van der Waals surface area contributed by atoms with E-state index in [0.717, 1.165) is 34.7 Å². The zero-order valence-electron chi connectivity index (χ0n) is 20.6. The van der Waals surface area contributed by atoms with Crippen LogP contribution in [0.25, 0.3) is 11.0 Å². The summed E-state index contributed by atoms with van der Waals surface area (Å²) in [6.45, 7) is -0.137. The van der Waals surface area contributed by atoms with Crippen molar-refractivity contribution in [3.05, 3.63) is 98.5 Å². The lowest BCUT2D eigenvalue weighted by Crippen LogP contribution is -2.30. The number of sulfonamides is 1. The summed E-state index contributed by atoms with van der Waals surface area (Å²) in [6.07, 6.45) is 3.17. The maximum atomic E-state index is 13.4. The standard InChI is InChI=1S/C28H26BrFN2O5S/c1-38(35,36)32(14-17-4-9-23(29)19(10-17)15-33)24-13-25-22(12-21(24)18-5-6-18)27(28(31)34)26(37-25)11-16-2-7-20(30)8-3-16/h2-4,7-10,12-13,18,33H,5-6,11,14-15H2,1H3,(H2,31,34). The molecule has 0 radical (unpaired) electrons. The Balaban J connectivity index is 1.64. The van der Waals surface area contributed by atoms with E-state index in [-0.39, 0.29) is 36.9 Å². The van der Waals surface area contributed by atoms with E-state index < -0.39 is 15.9 Å². The number of hydrogen-bond acceptors (Lipinski definition) is 5. The second-order valence-corrected chi connectivity index (χ2v) is 12.4. The van der Waals surface area contributed by atoms with Crippen LogP contribution < -0.4 is 10.0 Å². The number of nitrogens with two attached hydrogens (primary N) is 1. The molecule has 3 N–H and O–H groups in total. The second kappa shape index (κ2) is 10.2. The van der Waals surface area contributed by atoms with Crippen LogP contribution >= 0.6 is 15.9 Å². The Bertz CT molecular complexity index is 1650. The fourth-order valence-electron chi connectivity index (χ4n) is 4.71. The van der Waals surface area contributed by atoms with Gasteiger partial charge in [-0.2, -0.15) is 0 Å². The average molecular weight is 601 g/mol. The first-order valence-electron chi connectivity index (χ1n) is 12.0. The highest BCUT2D eigenvalue weighted by Crippen LogP contribution is 2.47. The van der Waals surface area contributed by atoms with Crippen LogP contribution in [0.2, 0.25) is 0 Å². The average Bonchev–Trinajstić information content (AvgIpc) is 3.64. The van der Waals surface area contributed by atoms with E-state index >= 15 is 0 Å². The first-order chi connectivity index (χ1) is 18.0. The van der Waals surface area contributed by atoms with E-state index in [9.17, 15) is 22.7 Å². The van der Waals surface area contributed by atoms with Gasteiger partial charge in [-0.1, -0.05) is 40.2 Å². The topological polar surface area (TPSA) is 114 Å². The molecule has 1 heterocycles. The first-order valence-corrected chi connectivity index (χ1v) is 14.7. The number of halogens is 2. The van der Waals surface area contributed by atoms with Gasteiger partial charge in [0.05, 0.1) is 30.7 Å². The molecule has 5 rings (SSSR count). The molecule has 0 bridgehead atoms. The van der Waals surface area contributed by atoms with Crippen LogP contribution in [0.5, 0.6) is 0 Å². The lowest BCUT2D eigenvalue weighted by atomic mass is 10.0. The molecule has 198 valence electrons. The van der Waals surface area contributed by atoms with Gasteiger partial charge in [0, 0.05) is 22.3 Å². The molecule has 0 unspecified atom stereocenters. The highest BCUT2D eigenvalue weighted by atomic mass is 79.9. The van der Waals surface area contributed by atoms with Crippen LogP contribution in [0.3, 0.4) is 0 Å². The van der Waals surface area contributed by atoms with Crippen molar-refractivity contribution >= 4 is 48.5 Å². The normalized spacial score (nSPS) is 13.7. The molecular weight excluding hydrogens is 575 g/mol. The molecule has 0 spiro atoms. The molecule has 10 heteroatoms. The summed E-state index contributed by atoms with van der Waals surface area (Å²) < 4.78 is 47.7. The van der Waals surface area contributed by atoms with Crippen molar-refractivity contribution in [3.8, 4) is 0 Å². The Kier molecular flexibility index (Phi) is 7.06. The van der Waals surface area contributed by atoms with Crippen LogP contribution in [-0.2, 0) is 29.6 Å². The van der Waals surface area contributed by atoms with Gasteiger partial charge in [0.1, 0.15) is 17.2 Å². The number of benzene rings is 3. The van der Waals surface area contributed by atoms with Gasteiger partial charge >= 0.3 is 0 Å². The minimum atomic E-state index is -3.72. The molecule has 1 aliphatic carbocycles. The molecule has 1 amide bonds. The van der Waals surface area contributed by atoms with Crippen LogP contribution in [0, 0.1) is 5.82 Å². The predicted octanol–water partition coefficient (Wildman–Crippen LogP) is 5.36. The van der Waals surface area contributed by atoms with E-state index in [1.54, 1.807) is 36.4 Å². The lowest BCUT2D eigenvalue weighted by Gasteiger charge is -2.25. The number of anilines is 1. The van der Waals surface area contributed by atoms with Crippen molar-refractivity contribution < 1.29 is 27.1 Å². The summed E-state index contributed by atoms with van der Waals surface area (Å²) in [6, 6.07) is 14.7. The number of furan rings is 1. The molecule has 0 saturated heterocycles. The molecule has 1 saturated carbocycles. The third-order valence-corrected chi connectivity index (χ3v) is 8.63. The molecule has 3 aromatic carbocycles. The number of carbonyl (C=O) groups excluding carboxylic acids is 1. The molecule has 1 fully saturated rings. The van der Waals surface area contributed by atoms with Crippen molar-refractivity contribution in [2.24, 2.45) is 5.73 Å². The Morgan fingerprint density at radius 3 is 2.42 bits per heavy atom. The predicted molar refractivity (Wildman–Crippen MR) is 147 cm³/mol. The first kappa shape index (κ1) is 26.4. The molecule has 38 heavy (non-hydrogen) atoms. The smallest absolute Gasteiger partial charge is 0.252 e. The molecule has 4 aromatic rings. The number of aliphatic hydroxyl groups excluding tert-OH is 1.